The summed E-state index contributed by atoms with van der Waals surface area (Å²) in [6.45, 7) is 9.74. The molecular weight excluding hydrogens is 819 g/mol. The molecule has 10 aromatic carbocycles. The third-order valence-electron chi connectivity index (χ3n) is 15.7. The third kappa shape index (κ3) is 5.69. The molecular formula is C67H51N. The summed E-state index contributed by atoms with van der Waals surface area (Å²) in [5.74, 6) is 0. The minimum atomic E-state index is -0.551. The van der Waals surface area contributed by atoms with E-state index in [1.54, 1.807) is 0 Å². The molecule has 13 rings (SSSR count). The summed E-state index contributed by atoms with van der Waals surface area (Å²) in [5.41, 5.74) is 25.7. The first-order valence-corrected chi connectivity index (χ1v) is 24.1. The van der Waals surface area contributed by atoms with Crippen molar-refractivity contribution in [2.75, 3.05) is 4.90 Å². The Morgan fingerprint density at radius 3 is 1.32 bits per heavy atom. The molecule has 0 bridgehead atoms. The molecule has 1 heteroatoms. The summed E-state index contributed by atoms with van der Waals surface area (Å²) in [7, 11) is 0. The van der Waals surface area contributed by atoms with Gasteiger partial charge in [-0.2, -0.15) is 0 Å². The highest BCUT2D eigenvalue weighted by atomic mass is 15.1. The molecule has 0 atom stereocenters. The van der Waals surface area contributed by atoms with Crippen molar-refractivity contribution in [2.24, 2.45) is 0 Å². The minimum absolute atomic E-state index is 0.228. The highest BCUT2D eigenvalue weighted by molar-refractivity contribution is 6.06. The van der Waals surface area contributed by atoms with Gasteiger partial charge in [-0.25, -0.2) is 0 Å². The number of anilines is 3. The largest absolute Gasteiger partial charge is 0.309 e. The zero-order chi connectivity index (χ0) is 45.8. The smallest absolute Gasteiger partial charge is 0.0714 e. The van der Waals surface area contributed by atoms with Crippen molar-refractivity contribution < 1.29 is 0 Å². The lowest BCUT2D eigenvalue weighted by atomic mass is 9.67. The Labute approximate surface area is 400 Å². The van der Waals surface area contributed by atoms with Gasteiger partial charge >= 0.3 is 0 Å². The van der Waals surface area contributed by atoms with E-state index in [-0.39, 0.29) is 10.8 Å². The van der Waals surface area contributed by atoms with Gasteiger partial charge in [-0.1, -0.05) is 234 Å². The van der Waals surface area contributed by atoms with Crippen molar-refractivity contribution in [1.29, 1.82) is 0 Å². The predicted molar refractivity (Wildman–Crippen MR) is 284 cm³/mol. The zero-order valence-corrected chi connectivity index (χ0v) is 39.0. The number of nitrogens with zero attached hydrogens (tertiary/aromatic N) is 1. The van der Waals surface area contributed by atoms with E-state index in [1.807, 2.05) is 0 Å². The van der Waals surface area contributed by atoms with Gasteiger partial charge in [-0.15, -0.1) is 0 Å². The van der Waals surface area contributed by atoms with Gasteiger partial charge < -0.3 is 4.90 Å². The normalized spacial score (nSPS) is 14.8. The van der Waals surface area contributed by atoms with Gasteiger partial charge in [0.25, 0.3) is 0 Å². The lowest BCUT2D eigenvalue weighted by Gasteiger charge is -2.36. The van der Waals surface area contributed by atoms with E-state index in [9.17, 15) is 0 Å². The fraction of sp³-hybridized carbons (Fsp3) is 0.104. The van der Waals surface area contributed by atoms with Gasteiger partial charge in [0.15, 0.2) is 0 Å². The van der Waals surface area contributed by atoms with Crippen LogP contribution < -0.4 is 4.90 Å². The Morgan fingerprint density at radius 2 is 0.706 bits per heavy atom. The molecule has 0 aromatic heterocycles. The Balaban J connectivity index is 1.15. The first kappa shape index (κ1) is 40.3. The van der Waals surface area contributed by atoms with Gasteiger partial charge in [0, 0.05) is 33.3 Å². The lowest BCUT2D eigenvalue weighted by molar-refractivity contribution is 0.639. The Hall–Kier alpha value is -8.00. The second-order valence-electron chi connectivity index (χ2n) is 20.0. The van der Waals surface area contributed by atoms with Crippen LogP contribution in [-0.2, 0) is 16.2 Å². The molecule has 0 saturated carbocycles. The molecule has 0 heterocycles. The highest BCUT2D eigenvalue weighted by Crippen LogP contribution is 2.64. The fourth-order valence-corrected chi connectivity index (χ4v) is 12.5. The van der Waals surface area contributed by atoms with Crippen LogP contribution in [-0.4, -0.2) is 0 Å². The summed E-state index contributed by atoms with van der Waals surface area (Å²) in [6.07, 6.45) is 0. The average molecular weight is 870 g/mol. The van der Waals surface area contributed by atoms with E-state index < -0.39 is 5.41 Å². The number of benzene rings is 10. The lowest BCUT2D eigenvalue weighted by Crippen LogP contribution is -2.28. The van der Waals surface area contributed by atoms with Crippen molar-refractivity contribution in [3.63, 3.8) is 0 Å². The SMILES string of the molecule is CC1(C)c2ccccc2-c2c1cc1c(c2N(c2ccc(-c3ccccc3)cc2)c2ccc3c(c2)C(c2ccccc2)(c2ccccc2)c2ccccc2-3)-c2ccc(-c3ccccc3)cc2C1(C)C. The molecule has 68 heavy (non-hydrogen) atoms. The van der Waals surface area contributed by atoms with Crippen LogP contribution in [0.2, 0.25) is 0 Å². The molecule has 1 nitrogen and oxygen atoms in total. The quantitative estimate of drug-likeness (QED) is 0.154. The molecule has 0 unspecified atom stereocenters. The molecule has 0 amide bonds. The van der Waals surface area contributed by atoms with Crippen LogP contribution >= 0.6 is 0 Å². The van der Waals surface area contributed by atoms with Crippen LogP contribution in [0.1, 0.15) is 72.2 Å². The second kappa shape index (κ2) is 15.0. The van der Waals surface area contributed by atoms with Gasteiger partial charge in [0.2, 0.25) is 0 Å². The summed E-state index contributed by atoms with van der Waals surface area (Å²) in [5, 5.41) is 0. The standard InChI is InChI=1S/C67H51N/c1-65(2)56-31-19-18-30-54(56)62-60(65)43-61-63(55-39-35-47(41-58(55)66(61,3)4)45-23-11-6-12-24-45)64(62)68(50-36-33-46(34-37-50)44-21-9-5-10-22-44)51-38-40-53-52-29-17-20-32-57(52)67(59(53)42-51,48-25-13-7-14-26-48)49-27-15-8-16-28-49/h5-43H,1-4H3. The van der Waals surface area contributed by atoms with Crippen LogP contribution in [0.5, 0.6) is 0 Å². The topological polar surface area (TPSA) is 3.24 Å². The number of rotatable bonds is 7. The third-order valence-corrected chi connectivity index (χ3v) is 15.7. The van der Waals surface area contributed by atoms with Gasteiger partial charge in [0.1, 0.15) is 0 Å². The van der Waals surface area contributed by atoms with Gasteiger partial charge in [-0.05, 0) is 119 Å². The molecule has 3 aliphatic rings. The monoisotopic (exact) mass is 869 g/mol. The predicted octanol–water partition coefficient (Wildman–Crippen LogP) is 17.5. The van der Waals surface area contributed by atoms with E-state index in [1.165, 1.54) is 106 Å². The average Bonchev–Trinajstić information content (AvgIpc) is 3.91. The van der Waals surface area contributed by atoms with Crippen LogP contribution in [0, 0.1) is 0 Å². The van der Waals surface area contributed by atoms with Crippen molar-refractivity contribution in [3.8, 4) is 55.6 Å². The molecule has 10 aromatic rings. The number of hydrogen-bond acceptors (Lipinski definition) is 1. The number of fused-ring (bicyclic) bond motifs is 9. The molecule has 0 saturated heterocycles. The van der Waals surface area contributed by atoms with Crippen molar-refractivity contribution in [2.45, 2.75) is 43.9 Å². The molecule has 0 spiro atoms. The van der Waals surface area contributed by atoms with Crippen LogP contribution in [0.15, 0.2) is 237 Å². The maximum absolute atomic E-state index is 2.63. The molecule has 3 aliphatic carbocycles. The maximum Gasteiger partial charge on any atom is 0.0714 e. The van der Waals surface area contributed by atoms with Crippen LogP contribution in [0.25, 0.3) is 55.6 Å². The summed E-state index contributed by atoms with van der Waals surface area (Å²) < 4.78 is 0. The van der Waals surface area contributed by atoms with Crippen LogP contribution in [0.4, 0.5) is 17.1 Å². The van der Waals surface area contributed by atoms with Gasteiger partial charge in [0.05, 0.1) is 11.1 Å². The Bertz CT molecular complexity index is 3540. The zero-order valence-electron chi connectivity index (χ0n) is 39.0. The Morgan fingerprint density at radius 1 is 0.279 bits per heavy atom. The van der Waals surface area contributed by atoms with Crippen molar-refractivity contribution in [3.05, 3.63) is 281 Å². The van der Waals surface area contributed by atoms with E-state index in [0.29, 0.717) is 0 Å². The van der Waals surface area contributed by atoms with E-state index >= 15 is 0 Å². The summed E-state index contributed by atoms with van der Waals surface area (Å²) in [4.78, 5) is 2.63. The van der Waals surface area contributed by atoms with E-state index in [0.717, 1.165) is 11.4 Å². The second-order valence-corrected chi connectivity index (χ2v) is 20.0. The molecule has 324 valence electrons. The minimum Gasteiger partial charge on any atom is -0.309 e. The Kier molecular flexibility index (Phi) is 8.89. The molecule has 0 aliphatic heterocycles. The molecule has 0 radical (unpaired) electrons. The van der Waals surface area contributed by atoms with Gasteiger partial charge in [-0.3, -0.25) is 0 Å². The molecule has 0 N–H and O–H groups in total. The summed E-state index contributed by atoms with van der Waals surface area (Å²) >= 11 is 0. The van der Waals surface area contributed by atoms with Crippen LogP contribution in [0.3, 0.4) is 0 Å². The number of hydrogen-bond donors (Lipinski definition) is 0. The highest BCUT2D eigenvalue weighted by Gasteiger charge is 2.48. The van der Waals surface area contributed by atoms with Crippen molar-refractivity contribution >= 4 is 17.1 Å². The molecule has 0 fully saturated rings. The fourth-order valence-electron chi connectivity index (χ4n) is 12.5. The van der Waals surface area contributed by atoms with Crippen molar-refractivity contribution in [1.82, 2.24) is 0 Å². The van der Waals surface area contributed by atoms with E-state index in [2.05, 4.69) is 269 Å². The summed E-state index contributed by atoms with van der Waals surface area (Å²) in [6, 6.07) is 88.7. The first-order chi connectivity index (χ1) is 33.3. The first-order valence-electron chi connectivity index (χ1n) is 24.1. The maximum atomic E-state index is 2.63. The van der Waals surface area contributed by atoms with E-state index in [4.69, 9.17) is 0 Å².